The van der Waals surface area contributed by atoms with Gasteiger partial charge < -0.3 is 0 Å². The molecule has 0 amide bonds. The van der Waals surface area contributed by atoms with E-state index in [0.717, 1.165) is 23.3 Å². The Labute approximate surface area is 174 Å². The summed E-state index contributed by atoms with van der Waals surface area (Å²) in [5, 5.41) is 0.682. The lowest BCUT2D eigenvalue weighted by molar-refractivity contribution is 0.113. The molecule has 0 saturated heterocycles. The van der Waals surface area contributed by atoms with Gasteiger partial charge in [-0.15, -0.1) is 0 Å². The van der Waals surface area contributed by atoms with Crippen LogP contribution in [0.5, 0.6) is 0 Å². The van der Waals surface area contributed by atoms with Crippen LogP contribution < -0.4 is 0 Å². The summed E-state index contributed by atoms with van der Waals surface area (Å²) in [7, 11) is 0. The highest BCUT2D eigenvalue weighted by Gasteiger charge is 2.35. The molecule has 0 nitrogen and oxygen atoms in total. The van der Waals surface area contributed by atoms with Crippen molar-refractivity contribution in [2.75, 3.05) is 0 Å². The molecule has 4 atom stereocenters. The van der Waals surface area contributed by atoms with E-state index in [1.54, 1.807) is 6.07 Å². The minimum absolute atomic E-state index is 0.106. The third kappa shape index (κ3) is 4.46. The normalized spacial score (nSPS) is 27.4. The van der Waals surface area contributed by atoms with Crippen LogP contribution in [0.4, 0.5) is 4.39 Å². The van der Waals surface area contributed by atoms with E-state index < -0.39 is 0 Å². The molecular formula is C26H32ClF. The molecule has 0 radical (unpaired) electrons. The van der Waals surface area contributed by atoms with E-state index in [4.69, 9.17) is 11.6 Å². The largest absolute Gasteiger partial charge is 0.206 e. The summed E-state index contributed by atoms with van der Waals surface area (Å²) in [4.78, 5) is 0. The van der Waals surface area contributed by atoms with Crippen LogP contribution in [0, 0.1) is 23.6 Å². The molecule has 0 N–H and O–H groups in total. The summed E-state index contributed by atoms with van der Waals surface area (Å²) < 4.78 is 14.9. The number of halogens is 2. The standard InChI is InChI=1S/C26H32ClF/c1-2-3-4-18-5-6-21-16-22(8-7-20(21)15-18)23-11-14-25(26(28)17-23)19-9-12-24(27)13-10-19/h9-14,17-18,20-22H,2-8,15-16H2,1H3/t18?,20-,21-,22-/m1/s1. The van der Waals surface area contributed by atoms with Crippen molar-refractivity contribution in [2.24, 2.45) is 17.8 Å². The molecule has 2 aliphatic carbocycles. The molecule has 2 fully saturated rings. The van der Waals surface area contributed by atoms with Crippen molar-refractivity contribution in [3.8, 4) is 11.1 Å². The SMILES string of the molecule is CCCCC1CC[C@@H]2C[C@H](c3ccc(-c4ccc(Cl)cc4)c(F)c3)CC[C@@H]2C1. The molecular weight excluding hydrogens is 367 g/mol. The lowest BCUT2D eigenvalue weighted by Crippen LogP contribution is -2.30. The van der Waals surface area contributed by atoms with E-state index in [1.807, 2.05) is 30.3 Å². The van der Waals surface area contributed by atoms with E-state index in [2.05, 4.69) is 13.0 Å². The second-order valence-electron chi connectivity index (χ2n) is 9.10. The monoisotopic (exact) mass is 398 g/mol. The topological polar surface area (TPSA) is 0 Å². The van der Waals surface area contributed by atoms with Gasteiger partial charge in [0.15, 0.2) is 0 Å². The predicted molar refractivity (Wildman–Crippen MR) is 117 cm³/mol. The Hall–Kier alpha value is -1.34. The molecule has 28 heavy (non-hydrogen) atoms. The third-order valence-corrected chi connectivity index (χ3v) is 7.56. The average molecular weight is 399 g/mol. The molecule has 0 spiro atoms. The Morgan fingerprint density at radius 1 is 0.929 bits per heavy atom. The van der Waals surface area contributed by atoms with Gasteiger partial charge in [0, 0.05) is 10.6 Å². The molecule has 0 heterocycles. The van der Waals surface area contributed by atoms with Gasteiger partial charge in [0.05, 0.1) is 0 Å². The first-order valence-corrected chi connectivity index (χ1v) is 11.6. The maximum Gasteiger partial charge on any atom is 0.131 e. The summed E-state index contributed by atoms with van der Waals surface area (Å²) in [6.07, 6.45) is 12.2. The van der Waals surface area contributed by atoms with Gasteiger partial charge in [-0.3, -0.25) is 0 Å². The van der Waals surface area contributed by atoms with Gasteiger partial charge in [0.2, 0.25) is 0 Å². The smallest absolute Gasteiger partial charge is 0.131 e. The quantitative estimate of drug-likeness (QED) is 0.472. The number of unbranched alkanes of at least 4 members (excludes halogenated alkanes) is 1. The molecule has 0 aromatic heterocycles. The summed E-state index contributed by atoms with van der Waals surface area (Å²) in [5.41, 5.74) is 2.76. The molecule has 150 valence electrons. The summed E-state index contributed by atoms with van der Waals surface area (Å²) in [6, 6.07) is 13.3. The highest BCUT2D eigenvalue weighted by atomic mass is 35.5. The molecule has 2 aliphatic rings. The van der Waals surface area contributed by atoms with Crippen LogP contribution in [0.3, 0.4) is 0 Å². The van der Waals surface area contributed by atoms with Crippen LogP contribution in [0.25, 0.3) is 11.1 Å². The maximum atomic E-state index is 14.9. The highest BCUT2D eigenvalue weighted by molar-refractivity contribution is 6.30. The minimum atomic E-state index is -0.106. The number of hydrogen-bond donors (Lipinski definition) is 0. The molecule has 2 aromatic carbocycles. The zero-order chi connectivity index (χ0) is 19.5. The van der Waals surface area contributed by atoms with Gasteiger partial charge >= 0.3 is 0 Å². The fourth-order valence-corrected chi connectivity index (χ4v) is 5.82. The van der Waals surface area contributed by atoms with Gasteiger partial charge in [-0.2, -0.15) is 0 Å². The van der Waals surface area contributed by atoms with Gasteiger partial charge in [-0.05, 0) is 85.1 Å². The van der Waals surface area contributed by atoms with Gasteiger partial charge in [-0.1, -0.05) is 68.5 Å². The Morgan fingerprint density at radius 3 is 2.43 bits per heavy atom. The summed E-state index contributed by atoms with van der Waals surface area (Å²) in [6.45, 7) is 2.30. The maximum absolute atomic E-state index is 14.9. The third-order valence-electron chi connectivity index (χ3n) is 7.31. The molecule has 4 rings (SSSR count). The van der Waals surface area contributed by atoms with Gasteiger partial charge in [0.25, 0.3) is 0 Å². The summed E-state index contributed by atoms with van der Waals surface area (Å²) >= 11 is 5.96. The Balaban J connectivity index is 1.42. The lowest BCUT2D eigenvalue weighted by atomic mass is 9.63. The van der Waals surface area contributed by atoms with Crippen LogP contribution in [0.1, 0.15) is 76.2 Å². The molecule has 0 bridgehead atoms. The first-order valence-electron chi connectivity index (χ1n) is 11.2. The zero-order valence-electron chi connectivity index (χ0n) is 17.0. The number of benzene rings is 2. The first kappa shape index (κ1) is 20.0. The van der Waals surface area contributed by atoms with Gasteiger partial charge in [-0.25, -0.2) is 4.39 Å². The highest BCUT2D eigenvalue weighted by Crippen LogP contribution is 2.48. The van der Waals surface area contributed by atoms with Gasteiger partial charge in [0.1, 0.15) is 5.82 Å². The second-order valence-corrected chi connectivity index (χ2v) is 9.53. The van der Waals surface area contributed by atoms with Crippen molar-refractivity contribution in [2.45, 2.75) is 70.6 Å². The van der Waals surface area contributed by atoms with Crippen LogP contribution in [0.2, 0.25) is 5.02 Å². The van der Waals surface area contributed by atoms with Crippen LogP contribution in [-0.4, -0.2) is 0 Å². The minimum Gasteiger partial charge on any atom is -0.206 e. The van der Waals surface area contributed by atoms with Crippen LogP contribution >= 0.6 is 11.6 Å². The zero-order valence-corrected chi connectivity index (χ0v) is 17.7. The van der Waals surface area contributed by atoms with Crippen molar-refractivity contribution in [1.29, 1.82) is 0 Å². The second kappa shape index (κ2) is 8.99. The lowest BCUT2D eigenvalue weighted by Gasteiger charge is -2.42. The molecule has 1 unspecified atom stereocenters. The fraction of sp³-hybridized carbons (Fsp3) is 0.538. The average Bonchev–Trinajstić information content (AvgIpc) is 2.72. The fourth-order valence-electron chi connectivity index (χ4n) is 5.69. The Kier molecular flexibility index (Phi) is 6.41. The van der Waals surface area contributed by atoms with Crippen molar-refractivity contribution in [3.63, 3.8) is 0 Å². The van der Waals surface area contributed by atoms with Crippen molar-refractivity contribution < 1.29 is 4.39 Å². The molecule has 2 saturated carbocycles. The molecule has 2 aromatic rings. The molecule has 2 heteroatoms. The van der Waals surface area contributed by atoms with E-state index in [1.165, 1.54) is 63.4 Å². The first-order chi connectivity index (χ1) is 13.6. The Morgan fingerprint density at radius 2 is 1.68 bits per heavy atom. The number of hydrogen-bond acceptors (Lipinski definition) is 0. The van der Waals surface area contributed by atoms with Crippen LogP contribution in [-0.2, 0) is 0 Å². The van der Waals surface area contributed by atoms with E-state index >= 15 is 0 Å². The number of rotatable bonds is 5. The molecule has 0 aliphatic heterocycles. The Bertz CT molecular complexity index is 782. The van der Waals surface area contributed by atoms with E-state index in [-0.39, 0.29) is 5.82 Å². The van der Waals surface area contributed by atoms with Crippen molar-refractivity contribution >= 4 is 11.6 Å². The predicted octanol–water partition coefficient (Wildman–Crippen LogP) is 8.64. The summed E-state index contributed by atoms with van der Waals surface area (Å²) in [5.74, 6) is 3.17. The number of fused-ring (bicyclic) bond motifs is 1. The van der Waals surface area contributed by atoms with Crippen molar-refractivity contribution in [3.05, 3.63) is 58.9 Å². The van der Waals surface area contributed by atoms with Crippen LogP contribution in [0.15, 0.2) is 42.5 Å². The van der Waals surface area contributed by atoms with E-state index in [9.17, 15) is 4.39 Å². The van der Waals surface area contributed by atoms with E-state index in [0.29, 0.717) is 16.5 Å². The van der Waals surface area contributed by atoms with Crippen molar-refractivity contribution in [1.82, 2.24) is 0 Å².